The zero-order valence-electron chi connectivity index (χ0n) is 19.2. The van der Waals surface area contributed by atoms with Crippen LogP contribution in [0, 0.1) is 6.92 Å². The number of aryl methyl sites for hydroxylation is 1. The average molecular weight is 467 g/mol. The van der Waals surface area contributed by atoms with E-state index in [9.17, 15) is 8.78 Å². The molecule has 0 radical (unpaired) electrons. The molecule has 2 aromatic carbocycles. The quantitative estimate of drug-likeness (QED) is 0.308. The molecule has 2 aromatic heterocycles. The number of halogens is 2. The molecule has 0 amide bonds. The molecule has 1 saturated carbocycles. The smallest absolute Gasteiger partial charge is 0.387 e. The Labute approximate surface area is 196 Å². The Morgan fingerprint density at radius 1 is 1.06 bits per heavy atom. The fourth-order valence-corrected chi connectivity index (χ4v) is 4.82. The number of alkyl halides is 2. The molecular formula is C26H28F2N4O2. The summed E-state index contributed by atoms with van der Waals surface area (Å²) in [6.45, 7) is -0.0775. The predicted octanol–water partition coefficient (Wildman–Crippen LogP) is 5.76. The number of nitrogens with one attached hydrogen (secondary N) is 3. The summed E-state index contributed by atoms with van der Waals surface area (Å²) in [5.74, 6) is 1.85. The molecule has 0 saturated heterocycles. The summed E-state index contributed by atoms with van der Waals surface area (Å²) in [6.07, 6.45) is 5.01. The van der Waals surface area contributed by atoms with Crippen LogP contribution in [-0.2, 0) is 6.54 Å². The number of hydrogen-bond donors (Lipinski definition) is 3. The van der Waals surface area contributed by atoms with E-state index in [2.05, 4.69) is 33.3 Å². The Morgan fingerprint density at radius 2 is 1.88 bits per heavy atom. The van der Waals surface area contributed by atoms with Gasteiger partial charge in [0.1, 0.15) is 17.3 Å². The molecular weight excluding hydrogens is 438 g/mol. The highest BCUT2D eigenvalue weighted by atomic mass is 19.3. The second kappa shape index (κ2) is 9.46. The molecule has 2 atom stereocenters. The van der Waals surface area contributed by atoms with E-state index in [1.807, 2.05) is 24.4 Å². The van der Waals surface area contributed by atoms with Crippen molar-refractivity contribution < 1.29 is 18.3 Å². The van der Waals surface area contributed by atoms with E-state index in [1.54, 1.807) is 25.3 Å². The molecule has 0 bridgehead atoms. The lowest BCUT2D eigenvalue weighted by atomic mass is 10.1. The minimum atomic E-state index is -2.83. The molecule has 4 aromatic rings. The van der Waals surface area contributed by atoms with Gasteiger partial charge in [0.2, 0.25) is 0 Å². The van der Waals surface area contributed by atoms with Crippen LogP contribution in [0.1, 0.15) is 30.4 Å². The normalized spacial score (nSPS) is 18.1. The number of benzene rings is 2. The van der Waals surface area contributed by atoms with Gasteiger partial charge in [-0.05, 0) is 73.7 Å². The minimum Gasteiger partial charge on any atom is -0.497 e. The van der Waals surface area contributed by atoms with Crippen LogP contribution in [-0.4, -0.2) is 35.8 Å². The van der Waals surface area contributed by atoms with Gasteiger partial charge < -0.3 is 25.1 Å². The van der Waals surface area contributed by atoms with Crippen molar-refractivity contribution in [3.05, 3.63) is 59.8 Å². The zero-order valence-corrected chi connectivity index (χ0v) is 19.2. The number of fused-ring (bicyclic) bond motifs is 2. The van der Waals surface area contributed by atoms with Crippen molar-refractivity contribution in [3.8, 4) is 11.5 Å². The summed E-state index contributed by atoms with van der Waals surface area (Å²) in [7, 11) is 1.66. The van der Waals surface area contributed by atoms with E-state index in [-0.39, 0.29) is 5.75 Å². The lowest BCUT2D eigenvalue weighted by Gasteiger charge is -2.16. The van der Waals surface area contributed by atoms with E-state index in [0.29, 0.717) is 18.6 Å². The van der Waals surface area contributed by atoms with Gasteiger partial charge in [-0.3, -0.25) is 0 Å². The number of rotatable bonds is 8. The van der Waals surface area contributed by atoms with Gasteiger partial charge in [-0.1, -0.05) is 0 Å². The van der Waals surface area contributed by atoms with E-state index in [1.165, 1.54) is 5.56 Å². The number of hydrogen-bond acceptors (Lipinski definition) is 5. The second-order valence-electron chi connectivity index (χ2n) is 8.84. The van der Waals surface area contributed by atoms with Gasteiger partial charge in [0.15, 0.2) is 0 Å². The molecule has 0 aliphatic heterocycles. The number of nitrogens with zero attached hydrogens (tertiary/aromatic N) is 1. The van der Waals surface area contributed by atoms with Gasteiger partial charge in [-0.15, -0.1) is 0 Å². The van der Waals surface area contributed by atoms with Gasteiger partial charge in [0.05, 0.1) is 12.6 Å². The predicted molar refractivity (Wildman–Crippen MR) is 130 cm³/mol. The number of aromatic amines is 1. The van der Waals surface area contributed by atoms with Gasteiger partial charge >= 0.3 is 6.61 Å². The van der Waals surface area contributed by atoms with E-state index >= 15 is 0 Å². The Hall–Kier alpha value is -3.39. The minimum absolute atomic E-state index is 0.171. The summed E-state index contributed by atoms with van der Waals surface area (Å²) in [5, 5.41) is 9.24. The topological polar surface area (TPSA) is 71.2 Å². The third kappa shape index (κ3) is 4.77. The molecule has 5 rings (SSSR count). The standard InChI is InChI=1S/C26H28F2N4O2/c1-15-9-25(32-24-12-19(33-2)5-7-21(15)24)31-18-4-3-17(10-18)29-13-16-14-30-23-8-6-20(11-22(16)23)34-26(27)28/h5-9,11-12,14,17-18,26,29-30H,3-4,10,13H2,1-2H3,(H,31,32)/t17-,18-/m0/s1. The molecule has 1 aliphatic rings. The van der Waals surface area contributed by atoms with Crippen LogP contribution in [0.2, 0.25) is 0 Å². The van der Waals surface area contributed by atoms with E-state index in [0.717, 1.165) is 58.2 Å². The van der Waals surface area contributed by atoms with Crippen molar-refractivity contribution in [1.82, 2.24) is 15.3 Å². The SMILES string of the molecule is COc1ccc2c(C)cc(N[C@H]3CC[C@H](NCc4c[nH]c5ccc(OC(F)F)cc45)C3)nc2c1. The summed E-state index contributed by atoms with van der Waals surface area (Å²) in [6, 6.07) is 13.7. The lowest BCUT2D eigenvalue weighted by Crippen LogP contribution is -2.27. The third-order valence-electron chi connectivity index (χ3n) is 6.55. The van der Waals surface area contributed by atoms with Gasteiger partial charge in [0, 0.05) is 47.2 Å². The number of anilines is 1. The van der Waals surface area contributed by atoms with Crippen LogP contribution in [0.5, 0.6) is 11.5 Å². The number of pyridine rings is 1. The van der Waals surface area contributed by atoms with E-state index < -0.39 is 6.61 Å². The Balaban J connectivity index is 1.21. The van der Waals surface area contributed by atoms with E-state index in [4.69, 9.17) is 9.72 Å². The van der Waals surface area contributed by atoms with Crippen molar-refractivity contribution in [3.63, 3.8) is 0 Å². The van der Waals surface area contributed by atoms with Gasteiger partial charge in [-0.2, -0.15) is 8.78 Å². The molecule has 1 fully saturated rings. The first-order valence-corrected chi connectivity index (χ1v) is 11.5. The van der Waals surface area contributed by atoms with Crippen LogP contribution in [0.15, 0.2) is 48.7 Å². The molecule has 178 valence electrons. The summed E-state index contributed by atoms with van der Waals surface area (Å²) in [4.78, 5) is 8.00. The maximum absolute atomic E-state index is 12.6. The first kappa shape index (κ1) is 22.4. The number of H-pyrrole nitrogens is 1. The largest absolute Gasteiger partial charge is 0.497 e. The van der Waals surface area contributed by atoms with Crippen molar-refractivity contribution in [2.24, 2.45) is 0 Å². The molecule has 3 N–H and O–H groups in total. The fourth-order valence-electron chi connectivity index (χ4n) is 4.82. The Bertz CT molecular complexity index is 1310. The Kier molecular flexibility index (Phi) is 6.24. The zero-order chi connectivity index (χ0) is 23.7. The molecule has 0 spiro atoms. The third-order valence-corrected chi connectivity index (χ3v) is 6.55. The number of aromatic nitrogens is 2. The monoisotopic (exact) mass is 466 g/mol. The molecule has 2 heterocycles. The lowest BCUT2D eigenvalue weighted by molar-refractivity contribution is -0.0497. The van der Waals surface area contributed by atoms with Crippen molar-refractivity contribution in [1.29, 1.82) is 0 Å². The summed E-state index contributed by atoms with van der Waals surface area (Å²) >= 11 is 0. The van der Waals surface area contributed by atoms with Crippen LogP contribution in [0.25, 0.3) is 21.8 Å². The second-order valence-corrected chi connectivity index (χ2v) is 8.84. The fraction of sp³-hybridized carbons (Fsp3) is 0.346. The maximum Gasteiger partial charge on any atom is 0.387 e. The number of methoxy groups -OCH3 is 1. The molecule has 8 heteroatoms. The van der Waals surface area contributed by atoms with Crippen molar-refractivity contribution in [2.75, 3.05) is 12.4 Å². The summed E-state index contributed by atoms with van der Waals surface area (Å²) in [5.41, 5.74) is 4.03. The van der Waals surface area contributed by atoms with Crippen LogP contribution < -0.4 is 20.1 Å². The Morgan fingerprint density at radius 3 is 2.71 bits per heavy atom. The first-order valence-electron chi connectivity index (χ1n) is 11.5. The molecule has 1 aliphatic carbocycles. The van der Waals surface area contributed by atoms with Gasteiger partial charge in [0.25, 0.3) is 0 Å². The highest BCUT2D eigenvalue weighted by molar-refractivity contribution is 5.85. The molecule has 34 heavy (non-hydrogen) atoms. The van der Waals surface area contributed by atoms with Crippen molar-refractivity contribution in [2.45, 2.75) is 51.4 Å². The average Bonchev–Trinajstić information content (AvgIpc) is 3.43. The van der Waals surface area contributed by atoms with Crippen LogP contribution >= 0.6 is 0 Å². The van der Waals surface area contributed by atoms with Crippen LogP contribution in [0.4, 0.5) is 14.6 Å². The molecule has 0 unspecified atom stereocenters. The first-order chi connectivity index (χ1) is 16.5. The van der Waals surface area contributed by atoms with Crippen molar-refractivity contribution >= 4 is 27.6 Å². The van der Waals surface area contributed by atoms with Gasteiger partial charge in [-0.25, -0.2) is 4.98 Å². The highest BCUT2D eigenvalue weighted by Crippen LogP contribution is 2.29. The van der Waals surface area contributed by atoms with Crippen LogP contribution in [0.3, 0.4) is 0 Å². The summed E-state index contributed by atoms with van der Waals surface area (Å²) < 4.78 is 35.0. The number of ether oxygens (including phenoxy) is 2. The highest BCUT2D eigenvalue weighted by Gasteiger charge is 2.25. The maximum atomic E-state index is 12.6. The molecule has 6 nitrogen and oxygen atoms in total.